The number of amides is 1. The Hall–Kier alpha value is -2.08. The Morgan fingerprint density at radius 1 is 1.42 bits per heavy atom. The van der Waals surface area contributed by atoms with E-state index in [1.165, 1.54) is 0 Å². The van der Waals surface area contributed by atoms with Crippen LogP contribution in [0.25, 0.3) is 0 Å². The van der Waals surface area contributed by atoms with Gasteiger partial charge in [0, 0.05) is 12.5 Å². The molecular weight excluding hydrogens is 248 g/mol. The molecule has 6 nitrogen and oxygen atoms in total. The highest BCUT2D eigenvalue weighted by atomic mass is 16.5. The van der Waals surface area contributed by atoms with Gasteiger partial charge in [-0.25, -0.2) is 5.84 Å². The van der Waals surface area contributed by atoms with Crippen LogP contribution in [0.5, 0.6) is 11.5 Å². The van der Waals surface area contributed by atoms with Crippen LogP contribution in [0.15, 0.2) is 18.2 Å². The van der Waals surface area contributed by atoms with Gasteiger partial charge in [-0.15, -0.1) is 0 Å². The number of unbranched alkanes of at least 4 members (excludes halogenated alkanes) is 1. The second kappa shape index (κ2) is 6.19. The first kappa shape index (κ1) is 13.4. The molecule has 0 aromatic heterocycles. The van der Waals surface area contributed by atoms with E-state index in [-0.39, 0.29) is 18.3 Å². The molecule has 19 heavy (non-hydrogen) atoms. The van der Waals surface area contributed by atoms with Crippen molar-refractivity contribution in [1.82, 2.24) is 5.43 Å². The lowest BCUT2D eigenvalue weighted by Gasteiger charge is -2.07. The molecule has 3 N–H and O–H groups in total. The van der Waals surface area contributed by atoms with Crippen molar-refractivity contribution >= 4 is 11.7 Å². The zero-order valence-corrected chi connectivity index (χ0v) is 10.5. The molecule has 1 aliphatic rings. The summed E-state index contributed by atoms with van der Waals surface area (Å²) in [7, 11) is 0. The normalized spacial score (nSPS) is 12.8. The molecule has 1 aromatic carbocycles. The molecule has 1 heterocycles. The Balaban J connectivity index is 1.75. The summed E-state index contributed by atoms with van der Waals surface area (Å²) >= 11 is 0. The second-order valence-electron chi connectivity index (χ2n) is 4.24. The number of carbonyl (C=O) groups excluding carboxylic acids is 2. The number of ketones is 1. The monoisotopic (exact) mass is 264 g/mol. The Morgan fingerprint density at radius 2 is 2.26 bits per heavy atom. The van der Waals surface area contributed by atoms with E-state index in [4.69, 9.17) is 15.3 Å². The van der Waals surface area contributed by atoms with Gasteiger partial charge >= 0.3 is 0 Å². The fourth-order valence-corrected chi connectivity index (χ4v) is 1.81. The number of fused-ring (bicyclic) bond motifs is 1. The molecule has 0 fully saturated rings. The SMILES string of the molecule is NNC(=O)CCCCOc1ccc2c(c1)OCC2=O. The lowest BCUT2D eigenvalue weighted by Crippen LogP contribution is -2.29. The van der Waals surface area contributed by atoms with E-state index in [0.29, 0.717) is 36.5 Å². The summed E-state index contributed by atoms with van der Waals surface area (Å²) in [5.41, 5.74) is 2.68. The highest BCUT2D eigenvalue weighted by Gasteiger charge is 2.21. The number of carbonyl (C=O) groups is 2. The lowest BCUT2D eigenvalue weighted by atomic mass is 10.1. The summed E-state index contributed by atoms with van der Waals surface area (Å²) in [6.45, 7) is 0.609. The number of Topliss-reactive ketones (excluding diaryl/α,β-unsaturated/α-hetero) is 1. The summed E-state index contributed by atoms with van der Waals surface area (Å²) in [6.07, 6.45) is 1.86. The average Bonchev–Trinajstić information content (AvgIpc) is 2.79. The topological polar surface area (TPSA) is 90.7 Å². The lowest BCUT2D eigenvalue weighted by molar-refractivity contribution is -0.121. The predicted molar refractivity (Wildman–Crippen MR) is 67.9 cm³/mol. The van der Waals surface area contributed by atoms with E-state index in [0.717, 1.165) is 6.42 Å². The van der Waals surface area contributed by atoms with Crippen LogP contribution in [0.1, 0.15) is 29.6 Å². The average molecular weight is 264 g/mol. The van der Waals surface area contributed by atoms with Crippen LogP contribution in [-0.4, -0.2) is 24.9 Å². The number of nitrogens with two attached hydrogens (primary N) is 1. The molecule has 6 heteroatoms. The number of rotatable bonds is 6. The van der Waals surface area contributed by atoms with Crippen LogP contribution in [0, 0.1) is 0 Å². The van der Waals surface area contributed by atoms with Gasteiger partial charge in [0.2, 0.25) is 11.7 Å². The van der Waals surface area contributed by atoms with Crippen LogP contribution < -0.4 is 20.7 Å². The van der Waals surface area contributed by atoms with Gasteiger partial charge in [0.15, 0.2) is 6.61 Å². The Morgan fingerprint density at radius 3 is 3.05 bits per heavy atom. The highest BCUT2D eigenvalue weighted by Crippen LogP contribution is 2.29. The minimum absolute atomic E-state index is 0.00523. The van der Waals surface area contributed by atoms with Crippen molar-refractivity contribution in [3.05, 3.63) is 23.8 Å². The summed E-state index contributed by atoms with van der Waals surface area (Å²) in [4.78, 5) is 22.2. The third-order valence-electron chi connectivity index (χ3n) is 2.84. The minimum Gasteiger partial charge on any atom is -0.493 e. The second-order valence-corrected chi connectivity index (χ2v) is 4.24. The van der Waals surface area contributed by atoms with Crippen molar-refractivity contribution < 1.29 is 19.1 Å². The molecule has 0 unspecified atom stereocenters. The predicted octanol–water partition coefficient (Wildman–Crippen LogP) is 0.801. The maximum Gasteiger partial charge on any atom is 0.233 e. The Bertz CT molecular complexity index is 488. The molecule has 1 amide bonds. The highest BCUT2D eigenvalue weighted by molar-refractivity contribution is 6.02. The summed E-state index contributed by atoms with van der Waals surface area (Å²) in [5.74, 6) is 6.02. The molecule has 1 aromatic rings. The van der Waals surface area contributed by atoms with Gasteiger partial charge in [0.05, 0.1) is 12.2 Å². The van der Waals surface area contributed by atoms with Gasteiger partial charge in [-0.1, -0.05) is 0 Å². The van der Waals surface area contributed by atoms with E-state index in [1.807, 2.05) is 0 Å². The minimum atomic E-state index is -0.176. The van der Waals surface area contributed by atoms with Gasteiger partial charge in [0.1, 0.15) is 11.5 Å². The smallest absolute Gasteiger partial charge is 0.233 e. The van der Waals surface area contributed by atoms with E-state index in [9.17, 15) is 9.59 Å². The first-order chi connectivity index (χ1) is 9.20. The molecular formula is C13H16N2O4. The molecule has 0 radical (unpaired) electrons. The van der Waals surface area contributed by atoms with Crippen molar-refractivity contribution in [2.45, 2.75) is 19.3 Å². The van der Waals surface area contributed by atoms with Crippen molar-refractivity contribution in [2.24, 2.45) is 5.84 Å². The third-order valence-corrected chi connectivity index (χ3v) is 2.84. The Kier molecular flexibility index (Phi) is 4.35. The standard InChI is InChI=1S/C13H16N2O4/c14-15-13(17)3-1-2-6-18-9-4-5-10-11(16)8-19-12(10)7-9/h4-5,7H,1-3,6,8,14H2,(H,15,17). The van der Waals surface area contributed by atoms with E-state index in [1.54, 1.807) is 18.2 Å². The first-order valence-corrected chi connectivity index (χ1v) is 6.13. The van der Waals surface area contributed by atoms with Gasteiger partial charge in [-0.3, -0.25) is 15.0 Å². The quantitative estimate of drug-likeness (QED) is 0.343. The molecule has 0 spiro atoms. The fraction of sp³-hybridized carbons (Fsp3) is 0.385. The van der Waals surface area contributed by atoms with E-state index in [2.05, 4.69) is 5.43 Å². The van der Waals surface area contributed by atoms with Crippen molar-refractivity contribution in [2.75, 3.05) is 13.2 Å². The van der Waals surface area contributed by atoms with Crippen LogP contribution >= 0.6 is 0 Å². The zero-order valence-electron chi connectivity index (χ0n) is 10.5. The van der Waals surface area contributed by atoms with Crippen molar-refractivity contribution in [3.8, 4) is 11.5 Å². The maximum absolute atomic E-state index is 11.4. The molecule has 0 bridgehead atoms. The van der Waals surface area contributed by atoms with E-state index >= 15 is 0 Å². The van der Waals surface area contributed by atoms with Gasteiger partial charge < -0.3 is 9.47 Å². The summed E-state index contributed by atoms with van der Waals surface area (Å²) < 4.78 is 10.8. The number of hydrogen-bond donors (Lipinski definition) is 2. The van der Waals surface area contributed by atoms with Crippen LogP contribution in [0.4, 0.5) is 0 Å². The van der Waals surface area contributed by atoms with Crippen LogP contribution in [0.2, 0.25) is 0 Å². The summed E-state index contributed by atoms with van der Waals surface area (Å²) in [5, 5.41) is 0. The third kappa shape index (κ3) is 3.45. The van der Waals surface area contributed by atoms with Crippen LogP contribution in [-0.2, 0) is 4.79 Å². The van der Waals surface area contributed by atoms with Crippen molar-refractivity contribution in [1.29, 1.82) is 0 Å². The molecule has 0 atom stereocenters. The molecule has 0 saturated carbocycles. The zero-order chi connectivity index (χ0) is 13.7. The number of nitrogens with one attached hydrogen (secondary N) is 1. The molecule has 2 rings (SSSR count). The number of hydrogen-bond acceptors (Lipinski definition) is 5. The van der Waals surface area contributed by atoms with Crippen LogP contribution in [0.3, 0.4) is 0 Å². The van der Waals surface area contributed by atoms with Crippen molar-refractivity contribution in [3.63, 3.8) is 0 Å². The fourth-order valence-electron chi connectivity index (χ4n) is 1.81. The number of benzene rings is 1. The maximum atomic E-state index is 11.4. The molecule has 1 aliphatic heterocycles. The molecule has 0 aliphatic carbocycles. The van der Waals surface area contributed by atoms with Gasteiger partial charge in [0.25, 0.3) is 0 Å². The number of hydrazine groups is 1. The number of ether oxygens (including phenoxy) is 2. The molecule has 102 valence electrons. The Labute approximate surface area is 110 Å². The molecule has 0 saturated heterocycles. The summed E-state index contributed by atoms with van der Waals surface area (Å²) in [6, 6.07) is 5.17. The largest absolute Gasteiger partial charge is 0.493 e. The van der Waals surface area contributed by atoms with E-state index < -0.39 is 0 Å². The van der Waals surface area contributed by atoms with Gasteiger partial charge in [-0.2, -0.15) is 0 Å². The van der Waals surface area contributed by atoms with Gasteiger partial charge in [-0.05, 0) is 25.0 Å². The first-order valence-electron chi connectivity index (χ1n) is 6.13.